The van der Waals surface area contributed by atoms with E-state index in [1.165, 1.54) is 44.9 Å². The molecule has 2 aliphatic rings. The zero-order valence-electron chi connectivity index (χ0n) is 12.6. The second kappa shape index (κ2) is 8.28. The summed E-state index contributed by atoms with van der Waals surface area (Å²) in [5, 5.41) is 0. The normalized spacial score (nSPS) is 31.8. The molecule has 0 N–H and O–H groups in total. The Labute approximate surface area is 123 Å². The first-order valence-electron chi connectivity index (χ1n) is 8.34. The van der Waals surface area contributed by atoms with E-state index in [-0.39, 0.29) is 18.0 Å². The molecule has 0 aromatic rings. The summed E-state index contributed by atoms with van der Waals surface area (Å²) in [6.45, 7) is 3.95. The van der Waals surface area contributed by atoms with Crippen LogP contribution in [0.25, 0.3) is 0 Å². The summed E-state index contributed by atoms with van der Waals surface area (Å²) in [6.07, 6.45) is 18.0. The van der Waals surface area contributed by atoms with Crippen LogP contribution in [0.2, 0.25) is 0 Å². The first kappa shape index (κ1) is 15.3. The number of carbonyl (C=O) groups excluding carboxylic acids is 1. The van der Waals surface area contributed by atoms with E-state index >= 15 is 0 Å². The van der Waals surface area contributed by atoms with Gasteiger partial charge in [-0.3, -0.25) is 0 Å². The van der Waals surface area contributed by atoms with Crippen LogP contribution in [0.4, 0.5) is 0 Å². The van der Waals surface area contributed by atoms with Crippen LogP contribution >= 0.6 is 0 Å². The van der Waals surface area contributed by atoms with Gasteiger partial charge in [0.05, 0.1) is 0 Å². The van der Waals surface area contributed by atoms with E-state index in [1.807, 2.05) is 0 Å². The molecule has 2 atom stereocenters. The molecule has 2 nitrogen and oxygen atoms in total. The Bertz CT molecular complexity index is 356. The molecule has 0 bridgehead atoms. The molecule has 0 spiro atoms. The van der Waals surface area contributed by atoms with E-state index in [0.29, 0.717) is 0 Å². The maximum absolute atomic E-state index is 11.7. The van der Waals surface area contributed by atoms with Crippen LogP contribution in [0.3, 0.4) is 0 Å². The quantitative estimate of drug-likeness (QED) is 0.355. The number of hydrogen-bond acceptors (Lipinski definition) is 2. The summed E-state index contributed by atoms with van der Waals surface area (Å²) in [4.78, 5) is 11.7. The molecule has 0 amide bonds. The number of esters is 1. The molecule has 1 aliphatic heterocycles. The molecular weight excluding hydrogens is 248 g/mol. The fraction of sp³-hybridized carbons (Fsp3) is 0.722. The molecule has 2 heteroatoms. The number of rotatable bonds is 0. The predicted octanol–water partition coefficient (Wildman–Crippen LogP) is 4.95. The van der Waals surface area contributed by atoms with Crippen molar-refractivity contribution in [2.45, 2.75) is 76.7 Å². The van der Waals surface area contributed by atoms with Crippen molar-refractivity contribution in [2.24, 2.45) is 5.92 Å². The lowest BCUT2D eigenvalue weighted by atomic mass is 9.88. The van der Waals surface area contributed by atoms with Gasteiger partial charge in [-0.2, -0.15) is 0 Å². The molecule has 112 valence electrons. The smallest absolute Gasteiger partial charge is 0.334 e. The Balaban J connectivity index is 1.88. The average molecular weight is 276 g/mol. The van der Waals surface area contributed by atoms with Crippen LogP contribution in [-0.4, -0.2) is 12.1 Å². The van der Waals surface area contributed by atoms with E-state index in [9.17, 15) is 4.79 Å². The molecule has 0 unspecified atom stereocenters. The molecule has 0 aromatic heterocycles. The van der Waals surface area contributed by atoms with Crippen molar-refractivity contribution in [3.8, 4) is 0 Å². The Kier molecular flexibility index (Phi) is 6.35. The molecule has 1 saturated heterocycles. The summed E-state index contributed by atoms with van der Waals surface area (Å²) in [7, 11) is 0. The van der Waals surface area contributed by atoms with Crippen molar-refractivity contribution in [2.75, 3.05) is 0 Å². The van der Waals surface area contributed by atoms with E-state index in [1.54, 1.807) is 0 Å². The lowest BCUT2D eigenvalue weighted by Crippen LogP contribution is -2.16. The summed E-state index contributed by atoms with van der Waals surface area (Å²) in [6, 6.07) is 0. The van der Waals surface area contributed by atoms with Crippen molar-refractivity contribution >= 4 is 5.97 Å². The Hall–Kier alpha value is -1.05. The third kappa shape index (κ3) is 4.50. The zero-order chi connectivity index (χ0) is 14.2. The summed E-state index contributed by atoms with van der Waals surface area (Å²) < 4.78 is 5.51. The fourth-order valence-corrected chi connectivity index (χ4v) is 3.29. The minimum absolute atomic E-state index is 0.101. The summed E-state index contributed by atoms with van der Waals surface area (Å²) in [5.41, 5.74) is 0.721. The largest absolute Gasteiger partial charge is 0.458 e. The Morgan fingerprint density at radius 3 is 2.30 bits per heavy atom. The van der Waals surface area contributed by atoms with Gasteiger partial charge >= 0.3 is 5.97 Å². The van der Waals surface area contributed by atoms with Gasteiger partial charge in [0.1, 0.15) is 6.10 Å². The second-order valence-electron chi connectivity index (χ2n) is 6.18. The van der Waals surface area contributed by atoms with Crippen molar-refractivity contribution < 1.29 is 9.53 Å². The highest BCUT2D eigenvalue weighted by atomic mass is 16.6. The first-order valence-corrected chi connectivity index (χ1v) is 8.34. The van der Waals surface area contributed by atoms with Gasteiger partial charge in [-0.25, -0.2) is 4.79 Å². The van der Waals surface area contributed by atoms with E-state index in [4.69, 9.17) is 4.74 Å². The first-order chi connectivity index (χ1) is 9.79. The van der Waals surface area contributed by atoms with Gasteiger partial charge in [0.2, 0.25) is 0 Å². The summed E-state index contributed by atoms with van der Waals surface area (Å²) >= 11 is 0. The van der Waals surface area contributed by atoms with Crippen LogP contribution in [0.5, 0.6) is 0 Å². The lowest BCUT2D eigenvalue weighted by molar-refractivity contribution is -0.139. The molecule has 1 aliphatic carbocycles. The van der Waals surface area contributed by atoms with E-state index < -0.39 is 0 Å². The monoisotopic (exact) mass is 276 g/mol. The standard InChI is InChI=1S/C18H28O2/c1-15-16-13-11-9-7-5-3-2-4-6-8-10-12-14-17(16)20-18(15)19/h4,6,16-17H,1-3,5,7-14H2/b6-4+/t16-,17-/m0/s1. The number of carbonyl (C=O) groups is 1. The van der Waals surface area contributed by atoms with Crippen LogP contribution in [0, 0.1) is 5.92 Å². The highest BCUT2D eigenvalue weighted by molar-refractivity contribution is 5.90. The molecule has 20 heavy (non-hydrogen) atoms. The topological polar surface area (TPSA) is 26.3 Å². The van der Waals surface area contributed by atoms with Crippen LogP contribution in [0.15, 0.2) is 24.3 Å². The third-order valence-electron chi connectivity index (χ3n) is 4.58. The molecular formula is C18H28O2. The Morgan fingerprint density at radius 2 is 1.50 bits per heavy atom. The zero-order valence-corrected chi connectivity index (χ0v) is 12.6. The Morgan fingerprint density at radius 1 is 0.900 bits per heavy atom. The van der Waals surface area contributed by atoms with Crippen molar-refractivity contribution in [3.05, 3.63) is 24.3 Å². The maximum atomic E-state index is 11.7. The lowest BCUT2D eigenvalue weighted by Gasteiger charge is -2.17. The second-order valence-corrected chi connectivity index (χ2v) is 6.18. The SMILES string of the molecule is C=C1C(=O)O[C@H]2CCCC/C=C/CCCCCCC[C@@H]12. The minimum Gasteiger partial charge on any atom is -0.458 e. The van der Waals surface area contributed by atoms with Gasteiger partial charge in [-0.15, -0.1) is 0 Å². The van der Waals surface area contributed by atoms with Crippen molar-refractivity contribution in [3.63, 3.8) is 0 Å². The highest BCUT2D eigenvalue weighted by Gasteiger charge is 2.37. The van der Waals surface area contributed by atoms with Gasteiger partial charge in [0.25, 0.3) is 0 Å². The van der Waals surface area contributed by atoms with Gasteiger partial charge in [-0.05, 0) is 44.9 Å². The van der Waals surface area contributed by atoms with Crippen molar-refractivity contribution in [1.82, 2.24) is 0 Å². The van der Waals surface area contributed by atoms with Crippen LogP contribution < -0.4 is 0 Å². The van der Waals surface area contributed by atoms with Gasteiger partial charge in [0, 0.05) is 11.5 Å². The molecule has 0 radical (unpaired) electrons. The average Bonchev–Trinajstić information content (AvgIpc) is 2.70. The highest BCUT2D eigenvalue weighted by Crippen LogP contribution is 2.34. The molecule has 1 heterocycles. The number of allylic oxidation sites excluding steroid dienone is 2. The predicted molar refractivity (Wildman–Crippen MR) is 82.4 cm³/mol. The fourth-order valence-electron chi connectivity index (χ4n) is 3.29. The van der Waals surface area contributed by atoms with Crippen LogP contribution in [0.1, 0.15) is 70.6 Å². The van der Waals surface area contributed by atoms with Crippen molar-refractivity contribution in [1.29, 1.82) is 0 Å². The minimum atomic E-state index is -0.152. The molecule has 0 saturated carbocycles. The number of hydrogen-bond donors (Lipinski definition) is 0. The molecule has 1 fully saturated rings. The van der Waals surface area contributed by atoms with Gasteiger partial charge in [0.15, 0.2) is 0 Å². The summed E-state index contributed by atoms with van der Waals surface area (Å²) in [5.74, 6) is 0.129. The number of fused-ring (bicyclic) bond motifs is 1. The maximum Gasteiger partial charge on any atom is 0.334 e. The van der Waals surface area contributed by atoms with E-state index in [2.05, 4.69) is 18.7 Å². The van der Waals surface area contributed by atoms with Gasteiger partial charge < -0.3 is 4.74 Å². The van der Waals surface area contributed by atoms with E-state index in [0.717, 1.165) is 31.3 Å². The molecule has 0 aromatic carbocycles. The number of ether oxygens (including phenoxy) is 1. The van der Waals surface area contributed by atoms with Gasteiger partial charge in [-0.1, -0.05) is 44.4 Å². The third-order valence-corrected chi connectivity index (χ3v) is 4.58. The molecule has 2 rings (SSSR count). The van der Waals surface area contributed by atoms with Crippen LogP contribution in [-0.2, 0) is 9.53 Å².